The van der Waals surface area contributed by atoms with Crippen LogP contribution in [-0.4, -0.2) is 37.2 Å². The van der Waals surface area contributed by atoms with Crippen molar-refractivity contribution in [1.29, 1.82) is 0 Å². The average molecular weight is 906 g/mol. The monoisotopic (exact) mass is 905 g/mol. The van der Waals surface area contributed by atoms with Crippen molar-refractivity contribution in [3.05, 3.63) is 0 Å². The summed E-state index contributed by atoms with van der Waals surface area (Å²) in [6, 6.07) is 0. The molecule has 0 bridgehead atoms. The lowest BCUT2D eigenvalue weighted by molar-refractivity contribution is -0.167. The number of carbonyl (C=O) groups excluding carboxylic acids is 3. The van der Waals surface area contributed by atoms with Gasteiger partial charge in [0.25, 0.3) is 0 Å². The van der Waals surface area contributed by atoms with Gasteiger partial charge in [-0.15, -0.1) is 0 Å². The molecule has 2 atom stereocenters. The molecule has 0 aliphatic carbocycles. The zero-order chi connectivity index (χ0) is 46.8. The predicted molar refractivity (Wildman–Crippen MR) is 275 cm³/mol. The molecular weight excluding hydrogens is 793 g/mol. The normalized spacial score (nSPS) is 12.5. The fourth-order valence-corrected chi connectivity index (χ4v) is 8.84. The van der Waals surface area contributed by atoms with Crippen LogP contribution in [0.2, 0.25) is 0 Å². The summed E-state index contributed by atoms with van der Waals surface area (Å²) in [6.45, 7) is 11.4. The van der Waals surface area contributed by atoms with Crippen LogP contribution in [0, 0.1) is 11.8 Å². The van der Waals surface area contributed by atoms with E-state index in [1.165, 1.54) is 212 Å². The third-order valence-electron chi connectivity index (χ3n) is 13.6. The molecule has 0 heterocycles. The Morgan fingerprint density at radius 3 is 0.891 bits per heavy atom. The minimum Gasteiger partial charge on any atom is -0.462 e. The van der Waals surface area contributed by atoms with Gasteiger partial charge >= 0.3 is 17.9 Å². The molecule has 0 aliphatic rings. The van der Waals surface area contributed by atoms with Crippen LogP contribution in [0.3, 0.4) is 0 Å². The maximum atomic E-state index is 12.8. The topological polar surface area (TPSA) is 78.9 Å². The Morgan fingerprint density at radius 2 is 0.594 bits per heavy atom. The highest BCUT2D eigenvalue weighted by Crippen LogP contribution is 2.18. The lowest BCUT2D eigenvalue weighted by atomic mass is 10.00. The fourth-order valence-electron chi connectivity index (χ4n) is 8.84. The van der Waals surface area contributed by atoms with Gasteiger partial charge in [-0.2, -0.15) is 0 Å². The van der Waals surface area contributed by atoms with Gasteiger partial charge in [-0.05, 0) is 31.1 Å². The zero-order valence-electron chi connectivity index (χ0n) is 43.9. The molecule has 0 aromatic heterocycles. The standard InChI is InChI=1S/C58H112O6/c1-6-8-9-10-11-12-13-14-15-16-17-20-24-27-30-33-40-45-50-58(61)64-55(52-63-57(60)49-44-39-35-34-37-42-47-54(5)7-2)51-62-56(59)48-43-38-32-29-26-23-21-18-19-22-25-28-31-36-41-46-53(3)4/h53-55H,6-52H2,1-5H3/t54?,55-/m0/s1. The molecule has 64 heavy (non-hydrogen) atoms. The molecule has 0 rings (SSSR count). The van der Waals surface area contributed by atoms with E-state index in [1.807, 2.05) is 0 Å². The first-order valence-electron chi connectivity index (χ1n) is 28.8. The molecule has 0 amide bonds. The van der Waals surface area contributed by atoms with Crippen LogP contribution in [0.25, 0.3) is 0 Å². The van der Waals surface area contributed by atoms with E-state index in [0.717, 1.165) is 69.6 Å². The summed E-state index contributed by atoms with van der Waals surface area (Å²) in [5.41, 5.74) is 0. The van der Waals surface area contributed by atoms with E-state index >= 15 is 0 Å². The number of rotatable bonds is 52. The van der Waals surface area contributed by atoms with E-state index in [9.17, 15) is 14.4 Å². The molecule has 0 radical (unpaired) electrons. The molecule has 0 fully saturated rings. The highest BCUT2D eigenvalue weighted by atomic mass is 16.6. The van der Waals surface area contributed by atoms with Gasteiger partial charge in [-0.25, -0.2) is 0 Å². The van der Waals surface area contributed by atoms with E-state index in [4.69, 9.17) is 14.2 Å². The van der Waals surface area contributed by atoms with E-state index in [0.29, 0.717) is 19.3 Å². The number of ether oxygens (including phenoxy) is 3. The van der Waals surface area contributed by atoms with Crippen molar-refractivity contribution in [1.82, 2.24) is 0 Å². The van der Waals surface area contributed by atoms with Gasteiger partial charge in [0.2, 0.25) is 0 Å². The molecular formula is C58H112O6. The molecule has 0 saturated carbocycles. The molecule has 6 heteroatoms. The van der Waals surface area contributed by atoms with Crippen LogP contribution in [0.1, 0.15) is 324 Å². The molecule has 0 aliphatic heterocycles. The Hall–Kier alpha value is -1.59. The highest BCUT2D eigenvalue weighted by Gasteiger charge is 2.19. The van der Waals surface area contributed by atoms with Gasteiger partial charge < -0.3 is 14.2 Å². The summed E-state index contributed by atoms with van der Waals surface area (Å²) < 4.78 is 16.9. The molecule has 0 aromatic carbocycles. The summed E-state index contributed by atoms with van der Waals surface area (Å²) in [5, 5.41) is 0. The maximum absolute atomic E-state index is 12.8. The summed E-state index contributed by atoms with van der Waals surface area (Å²) in [4.78, 5) is 38.1. The smallest absolute Gasteiger partial charge is 0.306 e. The Balaban J connectivity index is 4.25. The molecule has 0 saturated heterocycles. The Morgan fingerprint density at radius 1 is 0.328 bits per heavy atom. The summed E-state index contributed by atoms with van der Waals surface area (Å²) in [5.74, 6) is 0.819. The Labute approximate surface area is 399 Å². The third-order valence-corrected chi connectivity index (χ3v) is 13.6. The summed E-state index contributed by atoms with van der Waals surface area (Å²) >= 11 is 0. The van der Waals surface area contributed by atoms with Crippen molar-refractivity contribution in [3.63, 3.8) is 0 Å². The van der Waals surface area contributed by atoms with Crippen molar-refractivity contribution in [3.8, 4) is 0 Å². The van der Waals surface area contributed by atoms with Gasteiger partial charge in [0, 0.05) is 19.3 Å². The molecule has 0 spiro atoms. The molecule has 380 valence electrons. The third kappa shape index (κ3) is 49.8. The molecule has 0 aromatic rings. The van der Waals surface area contributed by atoms with E-state index in [-0.39, 0.29) is 31.1 Å². The van der Waals surface area contributed by atoms with Gasteiger partial charge in [-0.1, -0.05) is 285 Å². The predicted octanol–water partition coefficient (Wildman–Crippen LogP) is 18.9. The second-order valence-corrected chi connectivity index (χ2v) is 20.6. The van der Waals surface area contributed by atoms with Crippen LogP contribution in [-0.2, 0) is 28.6 Å². The summed E-state index contributed by atoms with van der Waals surface area (Å²) in [6.07, 6.45) is 53.9. The lowest BCUT2D eigenvalue weighted by Gasteiger charge is -2.18. The quantitative estimate of drug-likeness (QED) is 0.0344. The molecule has 1 unspecified atom stereocenters. The van der Waals surface area contributed by atoms with Crippen LogP contribution in [0.15, 0.2) is 0 Å². The van der Waals surface area contributed by atoms with Crippen molar-refractivity contribution < 1.29 is 28.6 Å². The fraction of sp³-hybridized carbons (Fsp3) is 0.948. The van der Waals surface area contributed by atoms with E-state index in [1.54, 1.807) is 0 Å². The lowest BCUT2D eigenvalue weighted by Crippen LogP contribution is -2.30. The largest absolute Gasteiger partial charge is 0.462 e. The van der Waals surface area contributed by atoms with Gasteiger partial charge in [0.1, 0.15) is 13.2 Å². The molecule has 0 N–H and O–H groups in total. The van der Waals surface area contributed by atoms with Crippen LogP contribution >= 0.6 is 0 Å². The number of esters is 3. The van der Waals surface area contributed by atoms with Gasteiger partial charge in [-0.3, -0.25) is 14.4 Å². The first-order valence-corrected chi connectivity index (χ1v) is 28.8. The number of hydrogen-bond acceptors (Lipinski definition) is 6. The number of unbranched alkanes of at least 4 members (excludes halogenated alkanes) is 36. The average Bonchev–Trinajstić information content (AvgIpc) is 3.28. The first kappa shape index (κ1) is 62.4. The minimum absolute atomic E-state index is 0.0636. The first-order chi connectivity index (χ1) is 31.3. The van der Waals surface area contributed by atoms with E-state index in [2.05, 4.69) is 34.6 Å². The minimum atomic E-state index is -0.763. The van der Waals surface area contributed by atoms with Gasteiger partial charge in [0.15, 0.2) is 6.10 Å². The second kappa shape index (κ2) is 50.8. The SMILES string of the molecule is CCCCCCCCCCCCCCCCCCCCC(=O)O[C@@H](COC(=O)CCCCCCCCCCCCCCCCCC(C)C)COC(=O)CCCCCCCCC(C)CC. The Bertz CT molecular complexity index is 980. The Kier molecular flexibility index (Phi) is 49.6. The summed E-state index contributed by atoms with van der Waals surface area (Å²) in [7, 11) is 0. The van der Waals surface area contributed by atoms with Gasteiger partial charge in [0.05, 0.1) is 0 Å². The van der Waals surface area contributed by atoms with Crippen molar-refractivity contribution in [2.45, 2.75) is 330 Å². The number of hydrogen-bond donors (Lipinski definition) is 0. The van der Waals surface area contributed by atoms with Crippen LogP contribution in [0.4, 0.5) is 0 Å². The maximum Gasteiger partial charge on any atom is 0.306 e. The number of carbonyl (C=O) groups is 3. The van der Waals surface area contributed by atoms with E-state index < -0.39 is 6.10 Å². The van der Waals surface area contributed by atoms with Crippen LogP contribution in [0.5, 0.6) is 0 Å². The van der Waals surface area contributed by atoms with Crippen molar-refractivity contribution in [2.24, 2.45) is 11.8 Å². The van der Waals surface area contributed by atoms with Crippen molar-refractivity contribution >= 4 is 17.9 Å². The zero-order valence-corrected chi connectivity index (χ0v) is 43.9. The molecule has 6 nitrogen and oxygen atoms in total. The van der Waals surface area contributed by atoms with Crippen LogP contribution < -0.4 is 0 Å². The second-order valence-electron chi connectivity index (χ2n) is 20.6. The van der Waals surface area contributed by atoms with Crippen molar-refractivity contribution in [2.75, 3.05) is 13.2 Å². The highest BCUT2D eigenvalue weighted by molar-refractivity contribution is 5.71.